The van der Waals surface area contributed by atoms with Crippen LogP contribution in [0.15, 0.2) is 54.6 Å². The normalized spacial score (nSPS) is 13.5. The van der Waals surface area contributed by atoms with Crippen molar-refractivity contribution in [3.63, 3.8) is 0 Å². The van der Waals surface area contributed by atoms with Gasteiger partial charge in [0.05, 0.1) is 31.6 Å². The van der Waals surface area contributed by atoms with Gasteiger partial charge in [-0.3, -0.25) is 9.78 Å². The van der Waals surface area contributed by atoms with Gasteiger partial charge in [-0.2, -0.15) is 13.2 Å². The number of aromatic nitrogens is 1. The Morgan fingerprint density at radius 3 is 2.26 bits per heavy atom. The number of carbonyl (C=O) groups is 1. The molecule has 1 amide bonds. The van der Waals surface area contributed by atoms with Crippen molar-refractivity contribution < 1.29 is 36.9 Å². The van der Waals surface area contributed by atoms with Crippen molar-refractivity contribution in [1.29, 1.82) is 0 Å². The molecule has 3 rings (SSSR count). The van der Waals surface area contributed by atoms with Gasteiger partial charge in [0.1, 0.15) is 12.4 Å². The fourth-order valence-corrected chi connectivity index (χ4v) is 3.64. The summed E-state index contributed by atoms with van der Waals surface area (Å²) in [5.41, 5.74) is 8.18. The number of rotatable bonds is 10. The molecule has 0 aliphatic carbocycles. The van der Waals surface area contributed by atoms with E-state index >= 15 is 0 Å². The predicted molar refractivity (Wildman–Crippen MR) is 137 cm³/mol. The van der Waals surface area contributed by atoms with E-state index in [-0.39, 0.29) is 36.0 Å². The molecular formula is C27H30F4N4O4. The largest absolute Gasteiger partial charge is 0.493 e. The zero-order chi connectivity index (χ0) is 29.0. The Bertz CT molecular complexity index is 1310. The van der Waals surface area contributed by atoms with Gasteiger partial charge >= 0.3 is 6.18 Å². The van der Waals surface area contributed by atoms with Crippen LogP contribution in [0.4, 0.5) is 17.6 Å². The molecule has 1 aromatic heterocycles. The van der Waals surface area contributed by atoms with E-state index in [4.69, 9.17) is 26.0 Å². The van der Waals surface area contributed by atoms with Crippen molar-refractivity contribution in [2.75, 3.05) is 26.9 Å². The molecule has 39 heavy (non-hydrogen) atoms. The van der Waals surface area contributed by atoms with Crippen LogP contribution in [-0.4, -0.2) is 49.0 Å². The second-order valence-electron chi connectivity index (χ2n) is 9.44. The predicted octanol–water partition coefficient (Wildman–Crippen LogP) is 3.61. The highest BCUT2D eigenvalue weighted by atomic mass is 19.4. The molecule has 0 bridgehead atoms. The molecule has 1 atom stereocenters. The number of nitrogens with zero attached hydrogens (tertiary/aromatic N) is 1. The van der Waals surface area contributed by atoms with E-state index in [0.29, 0.717) is 11.1 Å². The molecule has 0 fully saturated rings. The number of amides is 1. The van der Waals surface area contributed by atoms with Crippen LogP contribution >= 0.6 is 0 Å². The van der Waals surface area contributed by atoms with E-state index in [9.17, 15) is 22.4 Å². The minimum atomic E-state index is -5.04. The van der Waals surface area contributed by atoms with Crippen LogP contribution in [0.3, 0.4) is 0 Å². The van der Waals surface area contributed by atoms with Crippen molar-refractivity contribution in [1.82, 2.24) is 10.3 Å². The average molecular weight is 551 g/mol. The number of pyridine rings is 1. The zero-order valence-electron chi connectivity index (χ0n) is 21.6. The first-order chi connectivity index (χ1) is 18.2. The second kappa shape index (κ2) is 11.6. The van der Waals surface area contributed by atoms with E-state index in [1.54, 1.807) is 13.8 Å². The lowest BCUT2D eigenvalue weighted by molar-refractivity contribution is -0.188. The minimum Gasteiger partial charge on any atom is -0.493 e. The number of methoxy groups -OCH3 is 1. The topological polar surface area (TPSA) is 133 Å². The van der Waals surface area contributed by atoms with E-state index < -0.39 is 41.2 Å². The lowest BCUT2D eigenvalue weighted by Crippen LogP contribution is -2.58. The molecule has 0 aliphatic rings. The van der Waals surface area contributed by atoms with Crippen LogP contribution in [-0.2, 0) is 11.1 Å². The van der Waals surface area contributed by atoms with Gasteiger partial charge in [-0.05, 0) is 74.0 Å². The zero-order valence-corrected chi connectivity index (χ0v) is 21.6. The number of nitrogens with two attached hydrogens (primary N) is 2. The number of nitrogens with one attached hydrogen (secondary N) is 1. The summed E-state index contributed by atoms with van der Waals surface area (Å²) in [6.07, 6.45) is -5.04. The lowest BCUT2D eigenvalue weighted by Gasteiger charge is -2.33. The van der Waals surface area contributed by atoms with Crippen LogP contribution in [0.25, 0.3) is 11.3 Å². The summed E-state index contributed by atoms with van der Waals surface area (Å²) in [4.78, 5) is 17.0. The molecule has 0 radical (unpaired) electrons. The van der Waals surface area contributed by atoms with Gasteiger partial charge in [0.2, 0.25) is 0 Å². The van der Waals surface area contributed by atoms with Crippen molar-refractivity contribution in [3.05, 3.63) is 77.2 Å². The minimum absolute atomic E-state index is 0.00970. The smallest absolute Gasteiger partial charge is 0.413 e. The summed E-state index contributed by atoms with van der Waals surface area (Å²) in [6.45, 7) is 1.89. The summed E-state index contributed by atoms with van der Waals surface area (Å²) < 4.78 is 67.4. The number of halogens is 4. The molecule has 8 nitrogen and oxygen atoms in total. The van der Waals surface area contributed by atoms with Crippen LogP contribution in [0.5, 0.6) is 11.5 Å². The van der Waals surface area contributed by atoms with Crippen LogP contribution in [0, 0.1) is 5.82 Å². The Morgan fingerprint density at radius 2 is 1.69 bits per heavy atom. The number of benzene rings is 2. The summed E-state index contributed by atoms with van der Waals surface area (Å²) in [5, 5.41) is 11.2. The number of hydrogen-bond donors (Lipinski definition) is 4. The third-order valence-corrected chi connectivity index (χ3v) is 5.97. The highest BCUT2D eigenvalue weighted by molar-refractivity contribution is 5.95. The third kappa shape index (κ3) is 6.83. The molecule has 210 valence electrons. The van der Waals surface area contributed by atoms with Crippen LogP contribution < -0.4 is 26.3 Å². The molecule has 3 aromatic rings. The number of hydrogen-bond acceptors (Lipinski definition) is 7. The Balaban J connectivity index is 2.00. The molecule has 0 spiro atoms. The van der Waals surface area contributed by atoms with Gasteiger partial charge in [-0.25, -0.2) is 4.39 Å². The molecular weight excluding hydrogens is 520 g/mol. The van der Waals surface area contributed by atoms with Gasteiger partial charge in [0, 0.05) is 16.7 Å². The highest BCUT2D eigenvalue weighted by Gasteiger charge is 2.55. The number of carbonyl (C=O) groups excluding carboxylic acids is 1. The highest BCUT2D eigenvalue weighted by Crippen LogP contribution is 2.38. The maximum atomic E-state index is 14.5. The van der Waals surface area contributed by atoms with Crippen molar-refractivity contribution in [2.24, 2.45) is 11.5 Å². The van der Waals surface area contributed by atoms with Gasteiger partial charge in [0.15, 0.2) is 17.0 Å². The number of aliphatic hydroxyl groups excluding tert-OH is 1. The lowest BCUT2D eigenvalue weighted by atomic mass is 9.88. The van der Waals surface area contributed by atoms with E-state index in [1.807, 2.05) is 0 Å². The van der Waals surface area contributed by atoms with Crippen molar-refractivity contribution in [3.8, 4) is 22.8 Å². The Hall–Kier alpha value is -3.74. The molecule has 12 heteroatoms. The quantitative estimate of drug-likeness (QED) is 0.284. The summed E-state index contributed by atoms with van der Waals surface area (Å²) in [5.74, 6) is -0.986. The summed E-state index contributed by atoms with van der Waals surface area (Å²) in [6, 6.07) is 11.8. The first-order valence-electron chi connectivity index (χ1n) is 11.8. The molecule has 2 aromatic carbocycles. The Kier molecular flexibility index (Phi) is 8.84. The first kappa shape index (κ1) is 29.8. The molecule has 0 saturated carbocycles. The second-order valence-corrected chi connectivity index (χ2v) is 9.44. The summed E-state index contributed by atoms with van der Waals surface area (Å²) >= 11 is 0. The van der Waals surface area contributed by atoms with Gasteiger partial charge in [-0.15, -0.1) is 0 Å². The maximum Gasteiger partial charge on any atom is 0.413 e. The van der Waals surface area contributed by atoms with E-state index in [1.165, 1.54) is 43.5 Å². The molecule has 1 heterocycles. The fourth-order valence-electron chi connectivity index (χ4n) is 3.64. The summed E-state index contributed by atoms with van der Waals surface area (Å²) in [7, 11) is 1.33. The van der Waals surface area contributed by atoms with Crippen LogP contribution in [0.1, 0.15) is 35.5 Å². The molecule has 0 saturated heterocycles. The first-order valence-corrected chi connectivity index (χ1v) is 11.8. The monoisotopic (exact) mass is 550 g/mol. The average Bonchev–Trinajstić information content (AvgIpc) is 2.89. The van der Waals surface area contributed by atoms with Gasteiger partial charge in [0.25, 0.3) is 5.91 Å². The molecule has 1 unspecified atom stereocenters. The van der Waals surface area contributed by atoms with Gasteiger partial charge in [-0.1, -0.05) is 0 Å². The fraction of sp³-hybridized carbons (Fsp3) is 0.333. The number of aliphatic hydroxyl groups is 1. The van der Waals surface area contributed by atoms with Crippen molar-refractivity contribution in [2.45, 2.75) is 31.1 Å². The van der Waals surface area contributed by atoms with Crippen LogP contribution in [0.2, 0.25) is 0 Å². The SMILES string of the molecule is COc1cc(C(=O)NCC(N)(c2cc(C(C)(C)N)cc(-c3ccc(F)cc3)n2)C(F)(F)F)ccc1OCCO. The van der Waals surface area contributed by atoms with Gasteiger partial charge < -0.3 is 31.4 Å². The third-order valence-electron chi connectivity index (χ3n) is 5.97. The van der Waals surface area contributed by atoms with E-state index in [2.05, 4.69) is 10.3 Å². The Labute approximate surface area is 222 Å². The van der Waals surface area contributed by atoms with E-state index in [0.717, 1.165) is 18.2 Å². The maximum absolute atomic E-state index is 14.5. The molecule has 0 aliphatic heterocycles. The molecule has 6 N–H and O–H groups in total. The Morgan fingerprint density at radius 1 is 1.03 bits per heavy atom. The number of ether oxygens (including phenoxy) is 2. The number of alkyl halides is 3. The standard InChI is InChI=1S/C27H30F4N4O4/c1-25(2,32)18-13-20(16-4-7-19(28)8-5-16)35-23(14-18)26(33,27(29,30)31)15-34-24(37)17-6-9-21(39-11-10-36)22(12-17)38-3/h4-9,12-14,36H,10-11,15,32-33H2,1-3H3,(H,34,37). The van der Waals surface area contributed by atoms with Crippen molar-refractivity contribution >= 4 is 5.91 Å².